The molecule has 0 saturated heterocycles. The highest BCUT2D eigenvalue weighted by Gasteiger charge is 2.46. The van der Waals surface area contributed by atoms with Crippen LogP contribution in [0.15, 0.2) is 107 Å². The Hall–Kier alpha value is -3.68. The summed E-state index contributed by atoms with van der Waals surface area (Å²) >= 11 is 1.51. The number of nitrogens with zero attached hydrogens (tertiary/aromatic N) is 2. The lowest BCUT2D eigenvalue weighted by Gasteiger charge is -2.25. The fourth-order valence-electron chi connectivity index (χ4n) is 5.17. The van der Waals surface area contributed by atoms with E-state index >= 15 is 0 Å². The lowest BCUT2D eigenvalue weighted by Crippen LogP contribution is -2.35. The van der Waals surface area contributed by atoms with Crippen LogP contribution in [0.25, 0.3) is 0 Å². The number of anilines is 1. The van der Waals surface area contributed by atoms with E-state index in [4.69, 9.17) is 0 Å². The molecule has 2 aliphatic carbocycles. The van der Waals surface area contributed by atoms with E-state index in [0.717, 1.165) is 41.3 Å². The Morgan fingerprint density at radius 1 is 1.15 bits per heavy atom. The van der Waals surface area contributed by atoms with Crippen LogP contribution in [-0.4, -0.2) is 25.3 Å². The number of hydrogen-bond donors (Lipinski definition) is 2. The van der Waals surface area contributed by atoms with Crippen LogP contribution in [0.2, 0.25) is 0 Å². The van der Waals surface area contributed by atoms with E-state index in [-0.39, 0.29) is 29.6 Å². The number of nitrogens with one attached hydrogen (secondary N) is 2. The van der Waals surface area contributed by atoms with Gasteiger partial charge in [0.2, 0.25) is 5.91 Å². The van der Waals surface area contributed by atoms with E-state index in [9.17, 15) is 9.18 Å². The van der Waals surface area contributed by atoms with Gasteiger partial charge in [-0.3, -0.25) is 14.5 Å². The van der Waals surface area contributed by atoms with Gasteiger partial charge < -0.3 is 10.2 Å². The van der Waals surface area contributed by atoms with Crippen LogP contribution in [0.1, 0.15) is 48.4 Å². The molecule has 1 saturated carbocycles. The number of rotatable bonds is 10. The molecule has 1 fully saturated rings. The molecule has 5 nitrogen and oxygen atoms in total. The number of aryl methyl sites for hydroxylation is 1. The molecular formula is C33H35FN4OS. The van der Waals surface area contributed by atoms with Gasteiger partial charge in [-0.05, 0) is 103 Å². The number of carbonyl (C=O) groups excluding carboxylic acids is 1. The molecule has 2 N–H and O–H groups in total. The molecule has 5 rings (SSSR count). The summed E-state index contributed by atoms with van der Waals surface area (Å²) in [4.78, 5) is 21.1. The quantitative estimate of drug-likeness (QED) is 0.123. The van der Waals surface area contributed by atoms with Crippen LogP contribution < -0.4 is 14.9 Å². The van der Waals surface area contributed by atoms with Crippen LogP contribution in [0.5, 0.6) is 0 Å². The minimum absolute atomic E-state index is 0.0448. The van der Waals surface area contributed by atoms with E-state index in [1.165, 1.54) is 40.8 Å². The summed E-state index contributed by atoms with van der Waals surface area (Å²) in [6.07, 6.45) is 6.46. The van der Waals surface area contributed by atoms with Gasteiger partial charge >= 0.3 is 0 Å². The van der Waals surface area contributed by atoms with Crippen LogP contribution in [0.4, 0.5) is 10.1 Å². The Kier molecular flexibility index (Phi) is 8.82. The van der Waals surface area contributed by atoms with Gasteiger partial charge in [-0.1, -0.05) is 49.1 Å². The van der Waals surface area contributed by atoms with Gasteiger partial charge in [0, 0.05) is 35.8 Å². The fraction of sp³-hybridized carbons (Fsp3) is 0.273. The van der Waals surface area contributed by atoms with Crippen LogP contribution in [-0.2, 0) is 11.2 Å². The minimum atomic E-state index is -0.240. The number of amidine groups is 1. The average Bonchev–Trinajstić information content (AvgIpc) is 3.70. The number of fused-ring (bicyclic) bond motifs is 1. The monoisotopic (exact) mass is 554 g/mol. The van der Waals surface area contributed by atoms with E-state index in [2.05, 4.69) is 51.9 Å². The topological polar surface area (TPSA) is 56.7 Å². The summed E-state index contributed by atoms with van der Waals surface area (Å²) in [5, 5.41) is 3.19. The highest BCUT2D eigenvalue weighted by molar-refractivity contribution is 7.97. The summed E-state index contributed by atoms with van der Waals surface area (Å²) in [7, 11) is 1.74. The summed E-state index contributed by atoms with van der Waals surface area (Å²) in [5.41, 5.74) is 5.49. The van der Waals surface area contributed by atoms with Gasteiger partial charge in [-0.2, -0.15) is 0 Å². The number of hydrogen-bond acceptors (Lipinski definition) is 4. The summed E-state index contributed by atoms with van der Waals surface area (Å²) in [6.45, 7) is 6.30. The van der Waals surface area contributed by atoms with Gasteiger partial charge in [0.05, 0.1) is 12.4 Å². The lowest BCUT2D eigenvalue weighted by atomic mass is 10.1. The Labute approximate surface area is 240 Å². The van der Waals surface area contributed by atoms with Crippen LogP contribution in [0.3, 0.4) is 0 Å². The first kappa shape index (κ1) is 27.9. The SMILES string of the molecule is C=C/C(=C\NC(C)=NC)CN(C(=O)C1CC1c1ccccc1)c1ccc2c(c1)C(NSc1ccc(F)cc1)CC2. The normalized spacial score (nSPS) is 20.1. The summed E-state index contributed by atoms with van der Waals surface area (Å²) in [6, 6.07) is 23.3. The predicted molar refractivity (Wildman–Crippen MR) is 163 cm³/mol. The zero-order valence-electron chi connectivity index (χ0n) is 22.9. The van der Waals surface area contributed by atoms with E-state index in [1.54, 1.807) is 25.3 Å². The maximum absolute atomic E-state index is 14.0. The molecule has 0 radical (unpaired) electrons. The number of benzene rings is 3. The Balaban J connectivity index is 1.39. The third kappa shape index (κ3) is 6.54. The molecule has 1 amide bonds. The largest absolute Gasteiger partial charge is 0.350 e. The molecular weight excluding hydrogens is 519 g/mol. The van der Waals surface area contributed by atoms with E-state index in [1.807, 2.05) is 36.2 Å². The molecule has 2 aliphatic rings. The van der Waals surface area contributed by atoms with E-state index < -0.39 is 0 Å². The first-order valence-corrected chi connectivity index (χ1v) is 14.5. The Bertz CT molecular complexity index is 1420. The van der Waals surface area contributed by atoms with Crippen molar-refractivity contribution in [3.8, 4) is 0 Å². The fourth-order valence-corrected chi connectivity index (χ4v) is 5.96. The zero-order chi connectivity index (χ0) is 28.1. The molecule has 0 aromatic heterocycles. The van der Waals surface area contributed by atoms with Crippen molar-refractivity contribution in [1.29, 1.82) is 0 Å². The summed E-state index contributed by atoms with van der Waals surface area (Å²) in [5.74, 6) is 0.877. The molecule has 0 aliphatic heterocycles. The second kappa shape index (κ2) is 12.7. The molecule has 7 heteroatoms. The van der Waals surface area contributed by atoms with Crippen molar-refractivity contribution in [2.24, 2.45) is 10.9 Å². The number of carbonyl (C=O) groups is 1. The Morgan fingerprint density at radius 2 is 1.93 bits per heavy atom. The predicted octanol–water partition coefficient (Wildman–Crippen LogP) is 6.95. The number of aliphatic imine (C=N–C) groups is 1. The van der Waals surface area contributed by atoms with Gasteiger partial charge in [-0.25, -0.2) is 4.39 Å². The van der Waals surface area contributed by atoms with Crippen molar-refractivity contribution in [1.82, 2.24) is 10.0 Å². The number of amides is 1. The van der Waals surface area contributed by atoms with Gasteiger partial charge in [0.15, 0.2) is 0 Å². The summed E-state index contributed by atoms with van der Waals surface area (Å²) < 4.78 is 16.9. The van der Waals surface area contributed by atoms with Crippen molar-refractivity contribution < 1.29 is 9.18 Å². The van der Waals surface area contributed by atoms with Crippen molar-refractivity contribution in [2.45, 2.75) is 43.0 Å². The molecule has 0 bridgehead atoms. The van der Waals surface area contributed by atoms with Crippen molar-refractivity contribution in [2.75, 3.05) is 18.5 Å². The highest BCUT2D eigenvalue weighted by Crippen LogP contribution is 2.49. The van der Waals surface area contributed by atoms with Crippen LogP contribution >= 0.6 is 11.9 Å². The standard InChI is InChI=1S/C33H35FN4OS/c1-4-23(20-36-22(2)35-3)21-38(33(39)31-19-29(31)24-8-6-5-7-9-24)27-14-10-25-11-17-32(30(25)18-27)37-40-28-15-12-26(34)13-16-28/h4-10,12-16,18,20,29,31-32,37H,1,11,17,19,21H2,2-3H3,(H,35,36)/b23-20+. The smallest absolute Gasteiger partial charge is 0.231 e. The lowest BCUT2D eigenvalue weighted by molar-refractivity contribution is -0.119. The molecule has 0 spiro atoms. The third-order valence-electron chi connectivity index (χ3n) is 7.66. The van der Waals surface area contributed by atoms with Gasteiger partial charge in [0.1, 0.15) is 5.82 Å². The molecule has 3 aromatic rings. The first-order chi connectivity index (χ1) is 19.5. The second-order valence-corrected chi connectivity index (χ2v) is 11.2. The first-order valence-electron chi connectivity index (χ1n) is 13.6. The molecule has 3 atom stereocenters. The molecule has 206 valence electrons. The van der Waals surface area contributed by atoms with E-state index in [0.29, 0.717) is 6.54 Å². The third-order valence-corrected chi connectivity index (χ3v) is 8.57. The molecule has 3 aromatic carbocycles. The molecule has 0 heterocycles. The molecule has 3 unspecified atom stereocenters. The number of halogens is 1. The van der Waals surface area contributed by atoms with Crippen molar-refractivity contribution >= 4 is 29.4 Å². The minimum Gasteiger partial charge on any atom is -0.350 e. The van der Waals surface area contributed by atoms with Crippen molar-refractivity contribution in [3.63, 3.8) is 0 Å². The van der Waals surface area contributed by atoms with Crippen molar-refractivity contribution in [3.05, 3.63) is 120 Å². The second-order valence-electron chi connectivity index (χ2n) is 10.3. The zero-order valence-corrected chi connectivity index (χ0v) is 23.8. The van der Waals surface area contributed by atoms with Gasteiger partial charge in [0.25, 0.3) is 0 Å². The van der Waals surface area contributed by atoms with Crippen LogP contribution in [0, 0.1) is 11.7 Å². The average molecular weight is 555 g/mol. The maximum Gasteiger partial charge on any atom is 0.231 e. The maximum atomic E-state index is 14.0. The van der Waals surface area contributed by atoms with Gasteiger partial charge in [-0.15, -0.1) is 0 Å². The Morgan fingerprint density at radius 3 is 2.65 bits per heavy atom. The molecule has 40 heavy (non-hydrogen) atoms. The highest BCUT2D eigenvalue weighted by atomic mass is 32.2.